The fourth-order valence-corrected chi connectivity index (χ4v) is 3.00. The van der Waals surface area contributed by atoms with Gasteiger partial charge in [0.25, 0.3) is 0 Å². The first-order valence-corrected chi connectivity index (χ1v) is 8.94. The number of carboxylic acids is 1. The first kappa shape index (κ1) is 17.9. The second-order valence-electron chi connectivity index (χ2n) is 6.40. The minimum Gasteiger partial charge on any atom is -0.494 e. The average Bonchev–Trinajstić information content (AvgIpc) is 2.66. The molecule has 0 aliphatic carbocycles. The van der Waals surface area contributed by atoms with E-state index in [4.69, 9.17) is 4.74 Å². The number of aromatic carboxylic acids is 1. The second-order valence-corrected chi connectivity index (χ2v) is 6.40. The van der Waals surface area contributed by atoms with Crippen LogP contribution in [-0.4, -0.2) is 22.7 Å². The molecule has 0 spiro atoms. The summed E-state index contributed by atoms with van der Waals surface area (Å²) < 4.78 is 5.46. The molecule has 3 rings (SSSR count). The molecule has 0 fully saturated rings. The number of benzene rings is 2. The highest BCUT2D eigenvalue weighted by Crippen LogP contribution is 2.29. The Labute approximate surface area is 153 Å². The van der Waals surface area contributed by atoms with Crippen LogP contribution in [0.3, 0.4) is 0 Å². The molecule has 0 aliphatic rings. The lowest BCUT2D eigenvalue weighted by Crippen LogP contribution is -2.02. The summed E-state index contributed by atoms with van der Waals surface area (Å²) >= 11 is 0. The predicted molar refractivity (Wildman–Crippen MR) is 104 cm³/mol. The Morgan fingerprint density at radius 1 is 1.12 bits per heavy atom. The van der Waals surface area contributed by atoms with Crippen LogP contribution < -0.4 is 4.74 Å². The van der Waals surface area contributed by atoms with E-state index in [9.17, 15) is 9.90 Å². The van der Waals surface area contributed by atoms with Crippen molar-refractivity contribution in [3.63, 3.8) is 0 Å². The van der Waals surface area contributed by atoms with Gasteiger partial charge in [0.2, 0.25) is 0 Å². The van der Waals surface area contributed by atoms with Crippen molar-refractivity contribution < 1.29 is 14.6 Å². The van der Waals surface area contributed by atoms with Crippen molar-refractivity contribution in [2.45, 2.75) is 33.1 Å². The maximum atomic E-state index is 11.8. The van der Waals surface area contributed by atoms with Crippen LogP contribution in [0, 0.1) is 0 Å². The molecule has 0 aliphatic heterocycles. The van der Waals surface area contributed by atoms with Gasteiger partial charge in [0.05, 0.1) is 23.4 Å². The van der Waals surface area contributed by atoms with Gasteiger partial charge in [-0.05, 0) is 67.3 Å². The molecule has 1 atom stereocenters. The predicted octanol–water partition coefficient (Wildman–Crippen LogP) is 5.51. The van der Waals surface area contributed by atoms with Gasteiger partial charge in [0, 0.05) is 10.9 Å². The van der Waals surface area contributed by atoms with Crippen molar-refractivity contribution in [3.8, 4) is 17.0 Å². The van der Waals surface area contributed by atoms with E-state index >= 15 is 0 Å². The Bertz CT molecular complexity index is 932. The van der Waals surface area contributed by atoms with E-state index < -0.39 is 5.97 Å². The van der Waals surface area contributed by atoms with Crippen molar-refractivity contribution in [1.82, 2.24) is 4.98 Å². The van der Waals surface area contributed by atoms with Gasteiger partial charge in [-0.2, -0.15) is 0 Å². The van der Waals surface area contributed by atoms with Crippen molar-refractivity contribution >= 4 is 16.9 Å². The standard InChI is InChI=1S/C22H23NO3/c1-4-14(3)16-8-11-20-18(12-16)19(22(24)25)13-21(23-20)15-6-9-17(10-7-15)26-5-2/h6-14H,4-5H2,1-3H3,(H,24,25). The second kappa shape index (κ2) is 7.56. The van der Waals surface area contributed by atoms with Crippen LogP contribution in [0.15, 0.2) is 48.5 Å². The van der Waals surface area contributed by atoms with Crippen LogP contribution in [0.2, 0.25) is 0 Å². The number of aromatic nitrogens is 1. The van der Waals surface area contributed by atoms with E-state index in [0.717, 1.165) is 23.3 Å². The third-order valence-electron chi connectivity index (χ3n) is 4.71. The smallest absolute Gasteiger partial charge is 0.336 e. The first-order chi connectivity index (χ1) is 12.5. The molecule has 1 N–H and O–H groups in total. The number of hydrogen-bond acceptors (Lipinski definition) is 3. The SMILES string of the molecule is CCOc1ccc(-c2cc(C(=O)O)c3cc(C(C)CC)ccc3n2)cc1. The molecule has 1 aromatic heterocycles. The Morgan fingerprint density at radius 3 is 2.46 bits per heavy atom. The minimum atomic E-state index is -0.939. The molecule has 4 nitrogen and oxygen atoms in total. The number of ether oxygens (including phenoxy) is 1. The molecular weight excluding hydrogens is 326 g/mol. The summed E-state index contributed by atoms with van der Waals surface area (Å²) in [5.41, 5.74) is 3.63. The van der Waals surface area contributed by atoms with Crippen LogP contribution in [0.5, 0.6) is 5.75 Å². The summed E-state index contributed by atoms with van der Waals surface area (Å²) in [4.78, 5) is 16.5. The lowest BCUT2D eigenvalue weighted by molar-refractivity contribution is 0.0699. The van der Waals surface area contributed by atoms with Gasteiger partial charge in [-0.1, -0.05) is 19.9 Å². The molecule has 134 valence electrons. The Hall–Kier alpha value is -2.88. The Balaban J connectivity index is 2.12. The maximum Gasteiger partial charge on any atom is 0.336 e. The number of pyridine rings is 1. The largest absolute Gasteiger partial charge is 0.494 e. The number of nitrogens with zero attached hydrogens (tertiary/aromatic N) is 1. The fourth-order valence-electron chi connectivity index (χ4n) is 3.00. The number of carboxylic acid groups (broad SMARTS) is 1. The highest BCUT2D eigenvalue weighted by molar-refractivity contribution is 6.04. The van der Waals surface area contributed by atoms with Crippen molar-refractivity contribution in [3.05, 3.63) is 59.7 Å². The molecule has 0 saturated heterocycles. The number of rotatable bonds is 6. The Morgan fingerprint density at radius 2 is 1.85 bits per heavy atom. The van der Waals surface area contributed by atoms with Gasteiger partial charge in [0.15, 0.2) is 0 Å². The van der Waals surface area contributed by atoms with Crippen molar-refractivity contribution in [2.24, 2.45) is 0 Å². The molecule has 0 radical (unpaired) electrons. The van der Waals surface area contributed by atoms with E-state index in [-0.39, 0.29) is 5.56 Å². The normalized spacial score (nSPS) is 12.1. The van der Waals surface area contributed by atoms with Gasteiger partial charge in [-0.15, -0.1) is 0 Å². The molecule has 4 heteroatoms. The summed E-state index contributed by atoms with van der Waals surface area (Å²) in [5.74, 6) is 0.228. The molecule has 0 saturated carbocycles. The molecule has 1 heterocycles. The van der Waals surface area contributed by atoms with Crippen LogP contribution >= 0.6 is 0 Å². The fraction of sp³-hybridized carbons (Fsp3) is 0.273. The maximum absolute atomic E-state index is 11.8. The van der Waals surface area contributed by atoms with Gasteiger partial charge >= 0.3 is 5.97 Å². The van der Waals surface area contributed by atoms with E-state index in [0.29, 0.717) is 29.1 Å². The number of carbonyl (C=O) groups is 1. The molecule has 26 heavy (non-hydrogen) atoms. The third kappa shape index (κ3) is 3.54. The lowest BCUT2D eigenvalue weighted by atomic mass is 9.95. The summed E-state index contributed by atoms with van der Waals surface area (Å²) in [5, 5.41) is 10.4. The summed E-state index contributed by atoms with van der Waals surface area (Å²) in [6, 6.07) is 15.1. The lowest BCUT2D eigenvalue weighted by Gasteiger charge is -2.12. The van der Waals surface area contributed by atoms with Crippen LogP contribution in [-0.2, 0) is 0 Å². The highest BCUT2D eigenvalue weighted by atomic mass is 16.5. The number of fused-ring (bicyclic) bond motifs is 1. The average molecular weight is 349 g/mol. The van der Waals surface area contributed by atoms with Gasteiger partial charge in [-0.3, -0.25) is 0 Å². The van der Waals surface area contributed by atoms with E-state index in [1.54, 1.807) is 6.07 Å². The zero-order valence-corrected chi connectivity index (χ0v) is 15.3. The monoisotopic (exact) mass is 349 g/mol. The molecule has 0 bridgehead atoms. The Kier molecular flexibility index (Phi) is 5.21. The van der Waals surface area contributed by atoms with Gasteiger partial charge in [-0.25, -0.2) is 9.78 Å². The zero-order valence-electron chi connectivity index (χ0n) is 15.3. The third-order valence-corrected chi connectivity index (χ3v) is 4.71. The molecular formula is C22H23NO3. The first-order valence-electron chi connectivity index (χ1n) is 8.94. The molecule has 1 unspecified atom stereocenters. The van der Waals surface area contributed by atoms with E-state index in [2.05, 4.69) is 18.8 Å². The van der Waals surface area contributed by atoms with Crippen LogP contribution in [0.1, 0.15) is 49.0 Å². The summed E-state index contributed by atoms with van der Waals surface area (Å²) in [7, 11) is 0. The zero-order chi connectivity index (χ0) is 18.7. The summed E-state index contributed by atoms with van der Waals surface area (Å²) in [6.07, 6.45) is 1.01. The van der Waals surface area contributed by atoms with E-state index in [1.807, 2.05) is 49.4 Å². The van der Waals surface area contributed by atoms with Gasteiger partial charge < -0.3 is 9.84 Å². The number of hydrogen-bond donors (Lipinski definition) is 1. The van der Waals surface area contributed by atoms with Gasteiger partial charge in [0.1, 0.15) is 5.75 Å². The quantitative estimate of drug-likeness (QED) is 0.637. The molecule has 2 aromatic carbocycles. The summed E-state index contributed by atoms with van der Waals surface area (Å²) in [6.45, 7) is 6.81. The molecule has 0 amide bonds. The molecule has 3 aromatic rings. The van der Waals surface area contributed by atoms with Crippen LogP contribution in [0.4, 0.5) is 0 Å². The topological polar surface area (TPSA) is 59.4 Å². The van der Waals surface area contributed by atoms with Crippen molar-refractivity contribution in [2.75, 3.05) is 6.61 Å². The van der Waals surface area contributed by atoms with Crippen molar-refractivity contribution in [1.29, 1.82) is 0 Å². The van der Waals surface area contributed by atoms with E-state index in [1.165, 1.54) is 0 Å². The highest BCUT2D eigenvalue weighted by Gasteiger charge is 2.15. The van der Waals surface area contributed by atoms with Crippen LogP contribution in [0.25, 0.3) is 22.2 Å². The minimum absolute atomic E-state index is 0.282.